The van der Waals surface area contributed by atoms with E-state index < -0.39 is 21.3 Å². The van der Waals surface area contributed by atoms with Gasteiger partial charge in [-0.05, 0) is 73.8 Å². The average Bonchev–Trinajstić information content (AvgIpc) is 2.51. The number of nitrogens with zero attached hydrogens (tertiary/aromatic N) is 1. The van der Waals surface area contributed by atoms with Crippen LogP contribution >= 0.6 is 23.2 Å². The van der Waals surface area contributed by atoms with Crippen LogP contribution in [0.5, 0.6) is 0 Å². The fraction of sp³-hybridized carbons (Fsp3) is 0.235. The lowest BCUT2D eigenvalue weighted by Gasteiger charge is -2.30. The Morgan fingerprint density at radius 1 is 1.08 bits per heavy atom. The molecule has 0 aliphatic rings. The molecular weight excluding hydrogens is 369 g/mol. The van der Waals surface area contributed by atoms with E-state index in [9.17, 15) is 13.2 Å². The Balaban J connectivity index is 2.69. The second kappa shape index (κ2) is 7.13. The molecule has 1 atom stereocenters. The molecule has 0 radical (unpaired) electrons. The number of hydrogen-bond acceptors (Lipinski definition) is 3. The van der Waals surface area contributed by atoms with Crippen molar-refractivity contribution in [1.29, 1.82) is 0 Å². The minimum atomic E-state index is -3.98. The van der Waals surface area contributed by atoms with E-state index in [0.29, 0.717) is 10.7 Å². The molecule has 0 saturated carbocycles. The predicted molar refractivity (Wildman–Crippen MR) is 97.4 cm³/mol. The Hall–Kier alpha value is -1.56. The smallest absolute Gasteiger partial charge is 0.265 e. The Kier molecular flexibility index (Phi) is 5.58. The quantitative estimate of drug-likeness (QED) is 0.720. The fourth-order valence-corrected chi connectivity index (χ4v) is 4.29. The van der Waals surface area contributed by atoms with E-state index >= 15 is 0 Å². The van der Waals surface area contributed by atoms with Gasteiger partial charge in [0, 0.05) is 5.02 Å². The molecule has 0 fully saturated rings. The zero-order chi connectivity index (χ0) is 18.1. The SMILES string of the molecule is Cc1cccc(N(C(C)C(=O)Cl)S(=O)(=O)c2ccc(Cl)cc2)c1C. The van der Waals surface area contributed by atoms with Gasteiger partial charge < -0.3 is 0 Å². The molecule has 7 heteroatoms. The molecule has 4 nitrogen and oxygen atoms in total. The highest BCUT2D eigenvalue weighted by molar-refractivity contribution is 7.93. The van der Waals surface area contributed by atoms with E-state index in [1.54, 1.807) is 19.1 Å². The Morgan fingerprint density at radius 2 is 1.67 bits per heavy atom. The van der Waals surface area contributed by atoms with Gasteiger partial charge in [0.15, 0.2) is 0 Å². The van der Waals surface area contributed by atoms with Crippen molar-refractivity contribution in [3.8, 4) is 0 Å². The van der Waals surface area contributed by atoms with Gasteiger partial charge in [0.1, 0.15) is 6.04 Å². The molecule has 0 aliphatic heterocycles. The van der Waals surface area contributed by atoms with Crippen LogP contribution in [0.3, 0.4) is 0 Å². The third kappa shape index (κ3) is 3.58. The number of sulfonamides is 1. The highest BCUT2D eigenvalue weighted by atomic mass is 35.5. The number of carbonyl (C=O) groups excluding carboxylic acids is 1. The van der Waals surface area contributed by atoms with Crippen molar-refractivity contribution in [2.75, 3.05) is 4.31 Å². The topological polar surface area (TPSA) is 54.5 Å². The third-order valence-electron chi connectivity index (χ3n) is 3.86. The van der Waals surface area contributed by atoms with Crippen molar-refractivity contribution < 1.29 is 13.2 Å². The summed E-state index contributed by atoms with van der Waals surface area (Å²) in [4.78, 5) is 11.8. The summed E-state index contributed by atoms with van der Waals surface area (Å²) >= 11 is 11.5. The first-order valence-corrected chi connectivity index (χ1v) is 9.41. The summed E-state index contributed by atoms with van der Waals surface area (Å²) in [6, 6.07) is 10.0. The van der Waals surface area contributed by atoms with Crippen molar-refractivity contribution >= 4 is 44.2 Å². The van der Waals surface area contributed by atoms with Gasteiger partial charge in [-0.15, -0.1) is 0 Å². The minimum Gasteiger partial charge on any atom is -0.279 e. The van der Waals surface area contributed by atoms with Crippen LogP contribution in [0.2, 0.25) is 5.02 Å². The van der Waals surface area contributed by atoms with Crippen LogP contribution in [0.1, 0.15) is 18.1 Å². The molecular formula is C17H17Cl2NO3S. The van der Waals surface area contributed by atoms with Crippen LogP contribution in [0, 0.1) is 13.8 Å². The zero-order valence-electron chi connectivity index (χ0n) is 13.5. The average molecular weight is 386 g/mol. The van der Waals surface area contributed by atoms with E-state index in [0.717, 1.165) is 15.4 Å². The maximum Gasteiger partial charge on any atom is 0.265 e. The molecule has 24 heavy (non-hydrogen) atoms. The van der Waals surface area contributed by atoms with E-state index in [-0.39, 0.29) is 4.90 Å². The van der Waals surface area contributed by atoms with Crippen LogP contribution in [0.4, 0.5) is 5.69 Å². The lowest BCUT2D eigenvalue weighted by molar-refractivity contribution is -0.112. The van der Waals surface area contributed by atoms with Crippen LogP contribution in [-0.2, 0) is 14.8 Å². The normalized spacial score (nSPS) is 12.7. The van der Waals surface area contributed by atoms with Crippen LogP contribution in [0.15, 0.2) is 47.4 Å². The molecule has 2 aromatic rings. The summed E-state index contributed by atoms with van der Waals surface area (Å²) in [6.45, 7) is 5.14. The molecule has 0 heterocycles. The van der Waals surface area contributed by atoms with Crippen molar-refractivity contribution in [2.45, 2.75) is 31.7 Å². The van der Waals surface area contributed by atoms with Gasteiger partial charge in [-0.3, -0.25) is 9.10 Å². The number of halogens is 2. The molecule has 0 saturated heterocycles. The van der Waals surface area contributed by atoms with Gasteiger partial charge in [0.05, 0.1) is 10.6 Å². The van der Waals surface area contributed by atoms with Crippen LogP contribution in [-0.4, -0.2) is 19.7 Å². The first kappa shape index (κ1) is 18.8. The largest absolute Gasteiger partial charge is 0.279 e. The monoisotopic (exact) mass is 385 g/mol. The Morgan fingerprint density at radius 3 is 2.21 bits per heavy atom. The first-order valence-electron chi connectivity index (χ1n) is 7.22. The molecule has 0 spiro atoms. The predicted octanol–water partition coefficient (Wildman–Crippen LogP) is 4.31. The summed E-state index contributed by atoms with van der Waals surface area (Å²) in [6.07, 6.45) is 0. The number of hydrogen-bond donors (Lipinski definition) is 0. The number of aryl methyl sites for hydroxylation is 1. The molecule has 0 aliphatic carbocycles. The number of benzene rings is 2. The first-order chi connectivity index (χ1) is 11.2. The van der Waals surface area contributed by atoms with Crippen molar-refractivity contribution in [1.82, 2.24) is 0 Å². The highest BCUT2D eigenvalue weighted by Gasteiger charge is 2.33. The lowest BCUT2D eigenvalue weighted by atomic mass is 10.1. The number of rotatable bonds is 5. The molecule has 0 amide bonds. The summed E-state index contributed by atoms with van der Waals surface area (Å²) in [5.74, 6) is 0. The van der Waals surface area contributed by atoms with Gasteiger partial charge >= 0.3 is 0 Å². The summed E-state index contributed by atoms with van der Waals surface area (Å²) < 4.78 is 27.3. The molecule has 0 bridgehead atoms. The van der Waals surface area contributed by atoms with Gasteiger partial charge in [-0.25, -0.2) is 8.42 Å². The second-order valence-corrected chi connectivity index (χ2v) is 8.08. The number of carbonyl (C=O) groups is 1. The van der Waals surface area contributed by atoms with Gasteiger partial charge in [0.25, 0.3) is 10.0 Å². The Labute approximate surface area is 152 Å². The lowest BCUT2D eigenvalue weighted by Crippen LogP contribution is -2.42. The van der Waals surface area contributed by atoms with Gasteiger partial charge in [-0.2, -0.15) is 0 Å². The highest BCUT2D eigenvalue weighted by Crippen LogP contribution is 2.31. The molecule has 0 N–H and O–H groups in total. The fourth-order valence-electron chi connectivity index (χ4n) is 2.33. The standard InChI is InChI=1S/C17H17Cl2NO3S/c1-11-5-4-6-16(12(11)2)20(13(3)17(19)21)24(22,23)15-9-7-14(18)8-10-15/h4-10,13H,1-3H3. The Bertz CT molecular complexity index is 864. The zero-order valence-corrected chi connectivity index (χ0v) is 15.8. The van der Waals surface area contributed by atoms with Crippen LogP contribution in [0.25, 0.3) is 0 Å². The van der Waals surface area contributed by atoms with Crippen LogP contribution < -0.4 is 4.31 Å². The van der Waals surface area contributed by atoms with E-state index in [1.807, 2.05) is 13.0 Å². The van der Waals surface area contributed by atoms with E-state index in [2.05, 4.69) is 0 Å². The molecule has 2 rings (SSSR count). The molecule has 128 valence electrons. The molecule has 0 aromatic heterocycles. The maximum absolute atomic E-state index is 13.1. The van der Waals surface area contributed by atoms with E-state index in [4.69, 9.17) is 23.2 Å². The van der Waals surface area contributed by atoms with Crippen molar-refractivity contribution in [3.63, 3.8) is 0 Å². The van der Waals surface area contributed by atoms with Gasteiger partial charge in [-0.1, -0.05) is 23.7 Å². The second-order valence-electron chi connectivity index (χ2n) is 5.45. The van der Waals surface area contributed by atoms with Gasteiger partial charge in [0.2, 0.25) is 5.24 Å². The van der Waals surface area contributed by atoms with Crippen molar-refractivity contribution in [3.05, 3.63) is 58.6 Å². The summed E-state index contributed by atoms with van der Waals surface area (Å²) in [5.41, 5.74) is 2.10. The van der Waals surface area contributed by atoms with E-state index in [1.165, 1.54) is 31.2 Å². The summed E-state index contributed by atoms with van der Waals surface area (Å²) in [7, 11) is -3.98. The molecule has 2 aromatic carbocycles. The molecule has 1 unspecified atom stereocenters. The minimum absolute atomic E-state index is 0.0394. The number of anilines is 1. The third-order valence-corrected chi connectivity index (χ3v) is 6.33. The van der Waals surface area contributed by atoms with Crippen molar-refractivity contribution in [2.24, 2.45) is 0 Å². The maximum atomic E-state index is 13.1. The summed E-state index contributed by atoms with van der Waals surface area (Å²) in [5, 5.41) is -0.331.